The summed E-state index contributed by atoms with van der Waals surface area (Å²) in [6, 6.07) is 5.43. The fourth-order valence-corrected chi connectivity index (χ4v) is 2.51. The molecule has 2 nitrogen and oxygen atoms in total. The summed E-state index contributed by atoms with van der Waals surface area (Å²) in [5, 5.41) is 2.78. The van der Waals surface area contributed by atoms with E-state index in [-0.39, 0.29) is 11.3 Å². The van der Waals surface area contributed by atoms with Gasteiger partial charge in [-0.2, -0.15) is 0 Å². The van der Waals surface area contributed by atoms with Crippen LogP contribution in [-0.4, -0.2) is 17.8 Å². The van der Waals surface area contributed by atoms with Crippen molar-refractivity contribution in [2.24, 2.45) is 0 Å². The quantitative estimate of drug-likeness (QED) is 0.800. The number of hydrogen-bond donors (Lipinski definition) is 1. The number of amides is 1. The lowest BCUT2D eigenvalue weighted by Crippen LogP contribution is -2.29. The fraction of sp³-hybridized carbons (Fsp3) is 0.364. The zero-order chi connectivity index (χ0) is 12.1. The first kappa shape index (κ1) is 14.0. The minimum atomic E-state index is -0.110. The maximum atomic E-state index is 11.8. The van der Waals surface area contributed by atoms with Crippen LogP contribution in [0.2, 0.25) is 0 Å². The lowest BCUT2D eigenvalue weighted by Gasteiger charge is -2.09. The Morgan fingerprint density at radius 1 is 1.38 bits per heavy atom. The van der Waals surface area contributed by atoms with Gasteiger partial charge in [-0.15, -0.1) is 11.6 Å². The van der Waals surface area contributed by atoms with Crippen molar-refractivity contribution in [3.8, 4) is 0 Å². The van der Waals surface area contributed by atoms with E-state index in [4.69, 9.17) is 11.6 Å². The van der Waals surface area contributed by atoms with E-state index >= 15 is 0 Å². The van der Waals surface area contributed by atoms with Crippen molar-refractivity contribution >= 4 is 49.4 Å². The Labute approximate surface area is 117 Å². The molecule has 0 spiro atoms. The van der Waals surface area contributed by atoms with E-state index in [1.165, 1.54) is 0 Å². The summed E-state index contributed by atoms with van der Waals surface area (Å²) >= 11 is 12.6. The van der Waals surface area contributed by atoms with Gasteiger partial charge in [-0.3, -0.25) is 4.79 Å². The van der Waals surface area contributed by atoms with Crippen LogP contribution < -0.4 is 5.32 Å². The monoisotopic (exact) mass is 367 g/mol. The number of carbonyl (C=O) groups is 1. The van der Waals surface area contributed by atoms with Crippen molar-refractivity contribution in [2.75, 3.05) is 6.54 Å². The molecule has 0 saturated heterocycles. The van der Waals surface area contributed by atoms with Crippen LogP contribution >= 0.6 is 43.5 Å². The molecule has 0 aliphatic rings. The summed E-state index contributed by atoms with van der Waals surface area (Å²) in [7, 11) is 0. The second-order valence-electron chi connectivity index (χ2n) is 3.37. The van der Waals surface area contributed by atoms with Gasteiger partial charge in [-0.1, -0.05) is 38.8 Å². The van der Waals surface area contributed by atoms with Crippen molar-refractivity contribution in [1.82, 2.24) is 5.32 Å². The maximum absolute atomic E-state index is 11.8. The van der Waals surface area contributed by atoms with Crippen LogP contribution in [0.25, 0.3) is 0 Å². The predicted octanol–water partition coefficient (Wildman–Crippen LogP) is 3.96. The molecule has 0 heterocycles. The zero-order valence-corrected chi connectivity index (χ0v) is 12.7. The SMILES string of the molecule is CCC(Cl)CNC(=O)c1cc(Br)cc(Br)c1. The zero-order valence-electron chi connectivity index (χ0n) is 8.77. The molecule has 1 aromatic rings. The maximum Gasteiger partial charge on any atom is 0.251 e. The Bertz CT molecular complexity index is 364. The van der Waals surface area contributed by atoms with Gasteiger partial charge < -0.3 is 5.32 Å². The normalized spacial score (nSPS) is 12.2. The first-order valence-corrected chi connectivity index (χ1v) is 6.93. The number of rotatable bonds is 4. The van der Waals surface area contributed by atoms with Crippen LogP contribution in [0.3, 0.4) is 0 Å². The molecule has 1 rings (SSSR count). The van der Waals surface area contributed by atoms with Gasteiger partial charge in [0.2, 0.25) is 0 Å². The Kier molecular flexibility index (Phi) is 5.79. The number of hydrogen-bond acceptors (Lipinski definition) is 1. The predicted molar refractivity (Wildman–Crippen MR) is 74.1 cm³/mol. The number of halogens is 3. The van der Waals surface area contributed by atoms with Gasteiger partial charge in [0.1, 0.15) is 0 Å². The minimum absolute atomic E-state index is 0.0143. The largest absolute Gasteiger partial charge is 0.351 e. The summed E-state index contributed by atoms with van der Waals surface area (Å²) in [5.41, 5.74) is 0.612. The van der Waals surface area contributed by atoms with Gasteiger partial charge in [-0.25, -0.2) is 0 Å². The smallest absolute Gasteiger partial charge is 0.251 e. The lowest BCUT2D eigenvalue weighted by molar-refractivity contribution is 0.0953. The summed E-state index contributed by atoms with van der Waals surface area (Å²) in [6.45, 7) is 2.47. The van der Waals surface area contributed by atoms with Crippen LogP contribution in [0.4, 0.5) is 0 Å². The van der Waals surface area contributed by atoms with Gasteiger partial charge in [0.15, 0.2) is 0 Å². The first-order chi connectivity index (χ1) is 7.52. The average molecular weight is 369 g/mol. The minimum Gasteiger partial charge on any atom is -0.351 e. The van der Waals surface area contributed by atoms with Crippen LogP contribution in [0.5, 0.6) is 0 Å². The average Bonchev–Trinajstić information content (AvgIpc) is 2.23. The Morgan fingerprint density at radius 2 is 1.94 bits per heavy atom. The van der Waals surface area contributed by atoms with Crippen LogP contribution in [-0.2, 0) is 0 Å². The van der Waals surface area contributed by atoms with E-state index in [0.29, 0.717) is 12.1 Å². The molecule has 1 N–H and O–H groups in total. The molecule has 0 fully saturated rings. The topological polar surface area (TPSA) is 29.1 Å². The van der Waals surface area contributed by atoms with Gasteiger partial charge >= 0.3 is 0 Å². The Hall–Kier alpha value is -0.0600. The second-order valence-corrected chi connectivity index (χ2v) is 5.82. The molecule has 0 aliphatic heterocycles. The number of benzene rings is 1. The number of alkyl halides is 1. The van der Waals surface area contributed by atoms with Gasteiger partial charge in [-0.05, 0) is 24.6 Å². The molecule has 0 saturated carbocycles. The molecule has 0 aromatic heterocycles. The standard InChI is InChI=1S/C11H12Br2ClNO/c1-2-10(14)6-15-11(16)7-3-8(12)5-9(13)4-7/h3-5,10H,2,6H2,1H3,(H,15,16). The van der Waals surface area contributed by atoms with Crippen LogP contribution in [0.15, 0.2) is 27.1 Å². The molecule has 1 unspecified atom stereocenters. The van der Waals surface area contributed by atoms with Crippen molar-refractivity contribution in [3.05, 3.63) is 32.7 Å². The van der Waals surface area contributed by atoms with E-state index < -0.39 is 0 Å². The van der Waals surface area contributed by atoms with E-state index in [1.807, 2.05) is 13.0 Å². The Morgan fingerprint density at radius 3 is 2.44 bits per heavy atom. The Balaban J connectivity index is 2.66. The highest BCUT2D eigenvalue weighted by Gasteiger charge is 2.09. The fourth-order valence-electron chi connectivity index (χ4n) is 1.13. The van der Waals surface area contributed by atoms with Gasteiger partial charge in [0, 0.05) is 21.1 Å². The van der Waals surface area contributed by atoms with Crippen molar-refractivity contribution in [1.29, 1.82) is 0 Å². The highest BCUT2D eigenvalue weighted by Crippen LogP contribution is 2.20. The molecule has 0 radical (unpaired) electrons. The second kappa shape index (κ2) is 6.62. The first-order valence-electron chi connectivity index (χ1n) is 4.91. The highest BCUT2D eigenvalue weighted by molar-refractivity contribution is 9.11. The highest BCUT2D eigenvalue weighted by atomic mass is 79.9. The molecule has 0 aliphatic carbocycles. The molecule has 5 heteroatoms. The van der Waals surface area contributed by atoms with E-state index in [9.17, 15) is 4.79 Å². The lowest BCUT2D eigenvalue weighted by atomic mass is 10.2. The summed E-state index contributed by atoms with van der Waals surface area (Å²) in [4.78, 5) is 11.8. The third-order valence-electron chi connectivity index (χ3n) is 2.05. The summed E-state index contributed by atoms with van der Waals surface area (Å²) < 4.78 is 1.73. The number of nitrogens with one attached hydrogen (secondary N) is 1. The van der Waals surface area contributed by atoms with E-state index in [0.717, 1.165) is 15.4 Å². The molecule has 1 atom stereocenters. The van der Waals surface area contributed by atoms with Crippen molar-refractivity contribution in [3.63, 3.8) is 0 Å². The third-order valence-corrected chi connectivity index (χ3v) is 3.43. The molecule has 1 amide bonds. The van der Waals surface area contributed by atoms with E-state index in [1.54, 1.807) is 12.1 Å². The summed E-state index contributed by atoms with van der Waals surface area (Å²) in [6.07, 6.45) is 0.837. The van der Waals surface area contributed by atoms with E-state index in [2.05, 4.69) is 37.2 Å². The molecular weight excluding hydrogens is 357 g/mol. The molecule has 88 valence electrons. The molecular formula is C11H12Br2ClNO. The van der Waals surface area contributed by atoms with Crippen molar-refractivity contribution < 1.29 is 4.79 Å². The van der Waals surface area contributed by atoms with Crippen LogP contribution in [0.1, 0.15) is 23.7 Å². The van der Waals surface area contributed by atoms with Gasteiger partial charge in [0.25, 0.3) is 5.91 Å². The molecule has 0 bridgehead atoms. The third kappa shape index (κ3) is 4.44. The molecule has 16 heavy (non-hydrogen) atoms. The number of carbonyl (C=O) groups excluding carboxylic acids is 1. The summed E-state index contributed by atoms with van der Waals surface area (Å²) in [5.74, 6) is -0.110. The van der Waals surface area contributed by atoms with Crippen LogP contribution in [0, 0.1) is 0 Å². The van der Waals surface area contributed by atoms with Gasteiger partial charge in [0.05, 0.1) is 5.38 Å². The van der Waals surface area contributed by atoms with Crippen molar-refractivity contribution in [2.45, 2.75) is 18.7 Å². The molecule has 1 aromatic carbocycles.